The first-order valence-corrected chi connectivity index (χ1v) is 9.20. The molecule has 1 aromatic heterocycles. The fraction of sp³-hybridized carbons (Fsp3) is 0.111. The molecule has 0 aliphatic heterocycles. The molecule has 8 heteroatoms. The van der Waals surface area contributed by atoms with E-state index in [-0.39, 0.29) is 24.0 Å². The topological polar surface area (TPSA) is 42.4 Å². The van der Waals surface area contributed by atoms with E-state index in [9.17, 15) is 13.6 Å². The summed E-state index contributed by atoms with van der Waals surface area (Å²) in [5.74, 6) is -0.759. The molecule has 0 spiro atoms. The highest BCUT2D eigenvalue weighted by atomic mass is 79.9. The predicted molar refractivity (Wildman–Crippen MR) is 99.8 cm³/mol. The molecule has 0 N–H and O–H groups in total. The van der Waals surface area contributed by atoms with Crippen LogP contribution in [0, 0.1) is 11.6 Å². The number of amides is 1. The molecule has 1 heterocycles. The van der Waals surface area contributed by atoms with Crippen molar-refractivity contribution in [1.29, 1.82) is 0 Å². The predicted octanol–water partition coefficient (Wildman–Crippen LogP) is 5.45. The van der Waals surface area contributed by atoms with Gasteiger partial charge < -0.3 is 4.74 Å². The molecule has 0 unspecified atom stereocenters. The summed E-state index contributed by atoms with van der Waals surface area (Å²) in [6, 6.07) is 10.1. The molecule has 0 saturated heterocycles. The van der Waals surface area contributed by atoms with E-state index in [1.807, 2.05) is 0 Å². The van der Waals surface area contributed by atoms with E-state index < -0.39 is 5.82 Å². The minimum absolute atomic E-state index is 0.129. The molecule has 0 atom stereocenters. The van der Waals surface area contributed by atoms with Crippen LogP contribution in [-0.4, -0.2) is 10.9 Å². The zero-order valence-corrected chi connectivity index (χ0v) is 16.0. The number of thiazole rings is 1. The molecule has 2 aromatic carbocycles. The number of rotatable bonds is 5. The molecule has 0 saturated carbocycles. The smallest absolute Gasteiger partial charge is 0.230 e. The van der Waals surface area contributed by atoms with Gasteiger partial charge in [-0.15, -0.1) is 11.3 Å². The van der Waals surface area contributed by atoms with Gasteiger partial charge in [0.2, 0.25) is 5.91 Å². The van der Waals surface area contributed by atoms with Crippen molar-refractivity contribution in [2.24, 2.45) is 0 Å². The van der Waals surface area contributed by atoms with Crippen molar-refractivity contribution >= 4 is 44.0 Å². The van der Waals surface area contributed by atoms with Gasteiger partial charge in [-0.25, -0.2) is 13.8 Å². The van der Waals surface area contributed by atoms with Gasteiger partial charge in [0.15, 0.2) is 5.13 Å². The van der Waals surface area contributed by atoms with Crippen LogP contribution in [0.25, 0.3) is 0 Å². The molecule has 0 aliphatic rings. The Kier molecular flexibility index (Phi) is 5.63. The highest BCUT2D eigenvalue weighted by Crippen LogP contribution is 2.31. The van der Waals surface area contributed by atoms with Crippen molar-refractivity contribution in [3.8, 4) is 5.75 Å². The van der Waals surface area contributed by atoms with Crippen molar-refractivity contribution in [2.45, 2.75) is 13.5 Å². The maximum atomic E-state index is 14.1. The van der Waals surface area contributed by atoms with E-state index in [1.165, 1.54) is 53.5 Å². The first-order valence-electron chi connectivity index (χ1n) is 7.53. The molecule has 3 rings (SSSR count). The van der Waals surface area contributed by atoms with Crippen molar-refractivity contribution in [3.05, 3.63) is 69.6 Å². The lowest BCUT2D eigenvalue weighted by Gasteiger charge is -2.18. The molecule has 0 radical (unpaired) electrons. The minimum Gasteiger partial charge on any atom is -0.486 e. The second-order valence-corrected chi connectivity index (χ2v) is 6.98. The standard InChI is InChI=1S/C18H13BrF2N2O2S/c1-11(24)23(16-5-3-2-4-15(16)21)18-22-13(10-26-18)9-25-17-7-6-12(20)8-14(17)19/h2-8,10H,9H2,1H3. The Hall–Kier alpha value is -2.32. The van der Waals surface area contributed by atoms with Gasteiger partial charge in [0.25, 0.3) is 0 Å². The molecule has 0 fully saturated rings. The summed E-state index contributed by atoms with van der Waals surface area (Å²) in [5, 5.41) is 2.07. The van der Waals surface area contributed by atoms with E-state index in [2.05, 4.69) is 20.9 Å². The summed E-state index contributed by atoms with van der Waals surface area (Å²) >= 11 is 4.44. The Morgan fingerprint density at radius 3 is 2.73 bits per heavy atom. The Bertz CT molecular complexity index is 948. The molecule has 0 bridgehead atoms. The van der Waals surface area contributed by atoms with Crippen LogP contribution in [0.1, 0.15) is 12.6 Å². The van der Waals surface area contributed by atoms with Gasteiger partial charge in [-0.2, -0.15) is 0 Å². The quantitative estimate of drug-likeness (QED) is 0.531. The van der Waals surface area contributed by atoms with Crippen LogP contribution in [-0.2, 0) is 11.4 Å². The Morgan fingerprint density at radius 2 is 2.04 bits per heavy atom. The van der Waals surface area contributed by atoms with Gasteiger partial charge in [0, 0.05) is 12.3 Å². The maximum Gasteiger partial charge on any atom is 0.230 e. The Balaban J connectivity index is 1.79. The van der Waals surface area contributed by atoms with Gasteiger partial charge in [0.05, 0.1) is 15.9 Å². The van der Waals surface area contributed by atoms with Gasteiger partial charge in [-0.3, -0.25) is 9.69 Å². The Labute approximate surface area is 161 Å². The summed E-state index contributed by atoms with van der Waals surface area (Å²) in [6.45, 7) is 1.48. The zero-order chi connectivity index (χ0) is 18.7. The lowest BCUT2D eigenvalue weighted by molar-refractivity contribution is -0.115. The number of anilines is 2. The first kappa shape index (κ1) is 18.5. The molecule has 0 aliphatic carbocycles. The molecule has 4 nitrogen and oxygen atoms in total. The number of ether oxygens (including phenoxy) is 1. The van der Waals surface area contributed by atoms with Crippen LogP contribution >= 0.6 is 27.3 Å². The fourth-order valence-corrected chi connectivity index (χ4v) is 3.58. The van der Waals surface area contributed by atoms with Crippen molar-refractivity contribution < 1.29 is 18.3 Å². The first-order chi connectivity index (χ1) is 12.5. The third-order valence-electron chi connectivity index (χ3n) is 3.41. The number of carbonyl (C=O) groups excluding carboxylic acids is 1. The van der Waals surface area contributed by atoms with Gasteiger partial charge in [-0.1, -0.05) is 12.1 Å². The van der Waals surface area contributed by atoms with Crippen LogP contribution in [0.4, 0.5) is 19.6 Å². The summed E-state index contributed by atoms with van der Waals surface area (Å²) in [7, 11) is 0. The average Bonchev–Trinajstić information content (AvgIpc) is 3.04. The van der Waals surface area contributed by atoms with Crippen LogP contribution in [0.2, 0.25) is 0 Å². The number of para-hydroxylation sites is 1. The monoisotopic (exact) mass is 438 g/mol. The number of hydrogen-bond donors (Lipinski definition) is 0. The van der Waals surface area contributed by atoms with E-state index in [0.717, 1.165) is 0 Å². The van der Waals surface area contributed by atoms with Gasteiger partial charge >= 0.3 is 0 Å². The number of carbonyl (C=O) groups is 1. The average molecular weight is 439 g/mol. The molecule has 1 amide bonds. The van der Waals surface area contributed by atoms with Crippen molar-refractivity contribution in [3.63, 3.8) is 0 Å². The third kappa shape index (κ3) is 4.08. The van der Waals surface area contributed by atoms with Crippen LogP contribution in [0.3, 0.4) is 0 Å². The molecular formula is C18H13BrF2N2O2S. The number of nitrogens with zero attached hydrogens (tertiary/aromatic N) is 2. The highest BCUT2D eigenvalue weighted by Gasteiger charge is 2.21. The van der Waals surface area contributed by atoms with Crippen LogP contribution in [0.15, 0.2) is 52.3 Å². The van der Waals surface area contributed by atoms with E-state index in [4.69, 9.17) is 4.74 Å². The van der Waals surface area contributed by atoms with Gasteiger partial charge in [-0.05, 0) is 46.3 Å². The number of benzene rings is 2. The minimum atomic E-state index is -0.508. The molecule has 3 aromatic rings. The summed E-state index contributed by atoms with van der Waals surface area (Å²) in [6.07, 6.45) is 0. The van der Waals surface area contributed by atoms with E-state index in [0.29, 0.717) is 21.0 Å². The lowest BCUT2D eigenvalue weighted by Crippen LogP contribution is -2.23. The fourth-order valence-electron chi connectivity index (χ4n) is 2.25. The highest BCUT2D eigenvalue weighted by molar-refractivity contribution is 9.10. The molecular weight excluding hydrogens is 426 g/mol. The second-order valence-electron chi connectivity index (χ2n) is 5.29. The van der Waals surface area contributed by atoms with Crippen molar-refractivity contribution in [1.82, 2.24) is 4.98 Å². The summed E-state index contributed by atoms with van der Waals surface area (Å²) in [5.41, 5.74) is 0.715. The van der Waals surface area contributed by atoms with E-state index >= 15 is 0 Å². The number of hydrogen-bond acceptors (Lipinski definition) is 4. The number of aromatic nitrogens is 1. The summed E-state index contributed by atoms with van der Waals surface area (Å²) < 4.78 is 33.3. The normalized spacial score (nSPS) is 10.6. The van der Waals surface area contributed by atoms with E-state index in [1.54, 1.807) is 17.5 Å². The summed E-state index contributed by atoms with van der Waals surface area (Å²) in [4.78, 5) is 17.6. The largest absolute Gasteiger partial charge is 0.486 e. The maximum absolute atomic E-state index is 14.1. The van der Waals surface area contributed by atoms with Crippen LogP contribution < -0.4 is 9.64 Å². The molecule has 134 valence electrons. The number of halogens is 3. The van der Waals surface area contributed by atoms with Crippen LogP contribution in [0.5, 0.6) is 5.75 Å². The second kappa shape index (κ2) is 7.92. The third-order valence-corrected chi connectivity index (χ3v) is 4.90. The van der Waals surface area contributed by atoms with Crippen molar-refractivity contribution in [2.75, 3.05) is 4.90 Å². The molecule has 26 heavy (non-hydrogen) atoms. The SMILES string of the molecule is CC(=O)N(c1nc(COc2ccc(F)cc2Br)cs1)c1ccccc1F. The lowest BCUT2D eigenvalue weighted by atomic mass is 10.3. The Morgan fingerprint density at radius 1 is 1.27 bits per heavy atom. The van der Waals surface area contributed by atoms with Gasteiger partial charge in [0.1, 0.15) is 24.0 Å². The zero-order valence-electron chi connectivity index (χ0n) is 13.6.